The number of nitrogens with one attached hydrogen (secondary N) is 1. The predicted octanol–water partition coefficient (Wildman–Crippen LogP) is 3.24. The van der Waals surface area contributed by atoms with Gasteiger partial charge < -0.3 is 16.3 Å². The number of rotatable bonds is 12. The van der Waals surface area contributed by atoms with Crippen molar-refractivity contribution in [2.75, 3.05) is 6.54 Å². The second kappa shape index (κ2) is 12.7. The molecule has 4 heteroatoms. The highest BCUT2D eigenvalue weighted by Crippen LogP contribution is 2.08. The van der Waals surface area contributed by atoms with Crippen LogP contribution in [0.2, 0.25) is 0 Å². The van der Waals surface area contributed by atoms with Crippen LogP contribution in [-0.2, 0) is 0 Å². The molecule has 0 rings (SSSR count). The fraction of sp³-hybridized carbons (Fsp3) is 0.929. The molecular weight excluding hydrogens is 226 g/mol. The lowest BCUT2D eigenvalue weighted by atomic mass is 10.1. The van der Waals surface area contributed by atoms with E-state index in [1.165, 1.54) is 51.4 Å². The van der Waals surface area contributed by atoms with Gasteiger partial charge in [-0.1, -0.05) is 63.9 Å². The number of nitrogens with two attached hydrogens (primary N) is 1. The van der Waals surface area contributed by atoms with Crippen molar-refractivity contribution in [3.63, 3.8) is 0 Å². The Morgan fingerprint density at radius 2 is 1.61 bits per heavy atom. The number of hydrogen-bond donors (Lipinski definition) is 3. The molecule has 4 N–H and O–H groups in total. The summed E-state index contributed by atoms with van der Waals surface area (Å²) in [4.78, 5) is 0. The summed E-state index contributed by atoms with van der Waals surface area (Å²) in [5.74, 6) is 0.289. The average molecular weight is 257 g/mol. The lowest BCUT2D eigenvalue weighted by molar-refractivity contribution is 0.314. The van der Waals surface area contributed by atoms with E-state index in [0.29, 0.717) is 0 Å². The molecule has 1 atom stereocenters. The molecule has 1 unspecified atom stereocenters. The smallest absolute Gasteiger partial charge is 0.156 e. The fourth-order valence-corrected chi connectivity index (χ4v) is 2.06. The molecule has 0 saturated heterocycles. The molecular formula is C14H31N3O. The highest BCUT2D eigenvalue weighted by Gasteiger charge is 2.09. The van der Waals surface area contributed by atoms with Crippen molar-refractivity contribution in [2.45, 2.75) is 77.7 Å². The standard InChI is InChI=1S/C14H31N3O/c1-3-5-6-7-8-9-10-11-12-16-13(4-2)14(15)17-18/h13,16,18H,3-12H2,1-2H3,(H2,15,17). The third kappa shape index (κ3) is 9.28. The van der Waals surface area contributed by atoms with Crippen LogP contribution < -0.4 is 11.1 Å². The van der Waals surface area contributed by atoms with Gasteiger partial charge in [0.05, 0.1) is 6.04 Å². The molecule has 0 aliphatic heterocycles. The van der Waals surface area contributed by atoms with E-state index < -0.39 is 0 Å². The largest absolute Gasteiger partial charge is 0.409 e. The SMILES string of the molecule is CCCCCCCCCCNC(CC)C(N)=NO. The summed E-state index contributed by atoms with van der Waals surface area (Å²) in [5.41, 5.74) is 5.57. The first kappa shape index (κ1) is 17.2. The number of nitrogens with zero attached hydrogens (tertiary/aromatic N) is 1. The van der Waals surface area contributed by atoms with Crippen LogP contribution in [0.15, 0.2) is 5.16 Å². The monoisotopic (exact) mass is 257 g/mol. The van der Waals surface area contributed by atoms with Gasteiger partial charge in [0.1, 0.15) is 0 Å². The Morgan fingerprint density at radius 1 is 1.06 bits per heavy atom. The molecule has 0 heterocycles. The zero-order chi connectivity index (χ0) is 13.6. The van der Waals surface area contributed by atoms with Crippen LogP contribution in [0, 0.1) is 0 Å². The number of oxime groups is 1. The van der Waals surface area contributed by atoms with Gasteiger partial charge in [-0.05, 0) is 19.4 Å². The second-order valence-electron chi connectivity index (χ2n) is 4.91. The van der Waals surface area contributed by atoms with E-state index in [0.717, 1.165) is 13.0 Å². The Morgan fingerprint density at radius 3 is 2.11 bits per heavy atom. The van der Waals surface area contributed by atoms with Gasteiger partial charge in [0.15, 0.2) is 5.84 Å². The Balaban J connectivity index is 3.33. The van der Waals surface area contributed by atoms with E-state index in [4.69, 9.17) is 10.9 Å². The molecule has 0 bridgehead atoms. The van der Waals surface area contributed by atoms with Gasteiger partial charge in [-0.25, -0.2) is 0 Å². The van der Waals surface area contributed by atoms with E-state index in [1.807, 2.05) is 6.92 Å². The van der Waals surface area contributed by atoms with Crippen molar-refractivity contribution in [3.05, 3.63) is 0 Å². The summed E-state index contributed by atoms with van der Waals surface area (Å²) in [7, 11) is 0. The van der Waals surface area contributed by atoms with E-state index in [-0.39, 0.29) is 11.9 Å². The quantitative estimate of drug-likeness (QED) is 0.165. The minimum absolute atomic E-state index is 0.0135. The van der Waals surface area contributed by atoms with Gasteiger partial charge in [0.2, 0.25) is 0 Å². The highest BCUT2D eigenvalue weighted by atomic mass is 16.4. The summed E-state index contributed by atoms with van der Waals surface area (Å²) >= 11 is 0. The molecule has 0 spiro atoms. The van der Waals surface area contributed by atoms with Crippen LogP contribution in [0.1, 0.15) is 71.6 Å². The van der Waals surface area contributed by atoms with Crippen molar-refractivity contribution < 1.29 is 5.21 Å². The van der Waals surface area contributed by atoms with Crippen LogP contribution in [0.3, 0.4) is 0 Å². The van der Waals surface area contributed by atoms with Gasteiger partial charge >= 0.3 is 0 Å². The summed E-state index contributed by atoms with van der Waals surface area (Å²) in [6, 6.07) is 0.0135. The van der Waals surface area contributed by atoms with Crippen LogP contribution in [0.4, 0.5) is 0 Å². The normalized spacial score (nSPS) is 13.8. The summed E-state index contributed by atoms with van der Waals surface area (Å²) in [6.45, 7) is 5.23. The van der Waals surface area contributed by atoms with Gasteiger partial charge in [-0.15, -0.1) is 0 Å². The van der Waals surface area contributed by atoms with Crippen molar-refractivity contribution in [3.8, 4) is 0 Å². The summed E-state index contributed by atoms with van der Waals surface area (Å²) in [5, 5.41) is 15.0. The molecule has 0 aliphatic rings. The van der Waals surface area contributed by atoms with Crippen LogP contribution in [0.25, 0.3) is 0 Å². The molecule has 0 aromatic rings. The molecule has 0 fully saturated rings. The van der Waals surface area contributed by atoms with Crippen LogP contribution in [-0.4, -0.2) is 23.6 Å². The molecule has 0 saturated carbocycles. The molecule has 108 valence electrons. The van der Waals surface area contributed by atoms with Gasteiger partial charge in [0, 0.05) is 0 Å². The first-order chi connectivity index (χ1) is 8.76. The van der Waals surface area contributed by atoms with E-state index >= 15 is 0 Å². The zero-order valence-electron chi connectivity index (χ0n) is 12.1. The maximum Gasteiger partial charge on any atom is 0.156 e. The molecule has 0 aromatic carbocycles. The van der Waals surface area contributed by atoms with E-state index in [2.05, 4.69) is 17.4 Å². The lowest BCUT2D eigenvalue weighted by Crippen LogP contribution is -2.41. The van der Waals surface area contributed by atoms with E-state index in [1.54, 1.807) is 0 Å². The van der Waals surface area contributed by atoms with Gasteiger partial charge in [-0.2, -0.15) is 0 Å². The molecule has 0 aliphatic carbocycles. The Kier molecular flexibility index (Phi) is 12.1. The minimum atomic E-state index is 0.0135. The Hall–Kier alpha value is -0.770. The maximum absolute atomic E-state index is 8.60. The third-order valence-corrected chi connectivity index (χ3v) is 3.30. The topological polar surface area (TPSA) is 70.6 Å². The zero-order valence-corrected chi connectivity index (χ0v) is 12.1. The summed E-state index contributed by atoms with van der Waals surface area (Å²) < 4.78 is 0. The number of unbranched alkanes of at least 4 members (excludes halogenated alkanes) is 7. The van der Waals surface area contributed by atoms with Crippen LogP contribution >= 0.6 is 0 Å². The molecule has 0 radical (unpaired) electrons. The maximum atomic E-state index is 8.60. The second-order valence-corrected chi connectivity index (χ2v) is 4.91. The minimum Gasteiger partial charge on any atom is -0.409 e. The summed E-state index contributed by atoms with van der Waals surface area (Å²) in [6.07, 6.45) is 11.4. The Labute approximate surface area is 112 Å². The van der Waals surface area contributed by atoms with E-state index in [9.17, 15) is 0 Å². The third-order valence-electron chi connectivity index (χ3n) is 3.30. The van der Waals surface area contributed by atoms with Gasteiger partial charge in [-0.3, -0.25) is 0 Å². The highest BCUT2D eigenvalue weighted by molar-refractivity contribution is 5.85. The number of hydrogen-bond acceptors (Lipinski definition) is 3. The van der Waals surface area contributed by atoms with Crippen molar-refractivity contribution in [1.82, 2.24) is 5.32 Å². The van der Waals surface area contributed by atoms with Crippen molar-refractivity contribution in [1.29, 1.82) is 0 Å². The van der Waals surface area contributed by atoms with Gasteiger partial charge in [0.25, 0.3) is 0 Å². The molecule has 18 heavy (non-hydrogen) atoms. The fourth-order valence-electron chi connectivity index (χ4n) is 2.06. The first-order valence-electron chi connectivity index (χ1n) is 7.47. The molecule has 0 amide bonds. The van der Waals surface area contributed by atoms with Crippen molar-refractivity contribution >= 4 is 5.84 Å². The Bertz CT molecular complexity index is 207. The lowest BCUT2D eigenvalue weighted by Gasteiger charge is -2.14. The molecule has 4 nitrogen and oxygen atoms in total. The van der Waals surface area contributed by atoms with Crippen LogP contribution in [0.5, 0.6) is 0 Å². The van der Waals surface area contributed by atoms with Crippen molar-refractivity contribution in [2.24, 2.45) is 10.9 Å². The average Bonchev–Trinajstić information content (AvgIpc) is 2.40. The first-order valence-corrected chi connectivity index (χ1v) is 7.47. The molecule has 0 aromatic heterocycles. The number of amidine groups is 1. The predicted molar refractivity (Wildman–Crippen MR) is 78.1 cm³/mol.